The zero-order valence-corrected chi connectivity index (χ0v) is 10.1. The van der Waals surface area contributed by atoms with Crippen LogP contribution in [0.15, 0.2) is 12.1 Å². The fraction of sp³-hybridized carbons (Fsp3) is 0.538. The molecule has 3 heteroatoms. The summed E-state index contributed by atoms with van der Waals surface area (Å²) < 4.78 is 19.0. The van der Waals surface area contributed by atoms with Gasteiger partial charge in [0, 0.05) is 11.1 Å². The summed E-state index contributed by atoms with van der Waals surface area (Å²) in [6, 6.07) is 3.18. The molecule has 0 aliphatic carbocycles. The highest BCUT2D eigenvalue weighted by molar-refractivity contribution is 5.45. The van der Waals surface area contributed by atoms with E-state index in [0.29, 0.717) is 5.56 Å². The van der Waals surface area contributed by atoms with Crippen molar-refractivity contribution >= 4 is 0 Å². The molecule has 88 valence electrons. The maximum absolute atomic E-state index is 13.6. The van der Waals surface area contributed by atoms with Gasteiger partial charge >= 0.3 is 0 Å². The van der Waals surface area contributed by atoms with E-state index in [-0.39, 0.29) is 11.4 Å². The summed E-state index contributed by atoms with van der Waals surface area (Å²) in [6.07, 6.45) is 2.14. The second-order valence-corrected chi connectivity index (χ2v) is 4.61. The SMILES string of the molecule is COc1ccc(F)c(C)c1C1(C)CCCN1. The second-order valence-electron chi connectivity index (χ2n) is 4.61. The third-order valence-corrected chi connectivity index (χ3v) is 3.50. The zero-order valence-electron chi connectivity index (χ0n) is 10.1. The van der Waals surface area contributed by atoms with E-state index in [1.807, 2.05) is 6.92 Å². The first-order valence-corrected chi connectivity index (χ1v) is 5.67. The monoisotopic (exact) mass is 223 g/mol. The summed E-state index contributed by atoms with van der Waals surface area (Å²) in [6.45, 7) is 4.92. The van der Waals surface area contributed by atoms with Crippen LogP contribution in [0.25, 0.3) is 0 Å². The molecule has 1 heterocycles. The van der Waals surface area contributed by atoms with E-state index in [9.17, 15) is 4.39 Å². The molecule has 0 amide bonds. The van der Waals surface area contributed by atoms with Crippen LogP contribution in [0, 0.1) is 12.7 Å². The summed E-state index contributed by atoms with van der Waals surface area (Å²) in [5.74, 6) is 0.613. The van der Waals surface area contributed by atoms with Gasteiger partial charge in [-0.05, 0) is 50.9 Å². The van der Waals surface area contributed by atoms with Gasteiger partial charge < -0.3 is 10.1 Å². The first-order valence-electron chi connectivity index (χ1n) is 5.67. The van der Waals surface area contributed by atoms with Gasteiger partial charge in [-0.15, -0.1) is 0 Å². The molecule has 16 heavy (non-hydrogen) atoms. The van der Waals surface area contributed by atoms with Crippen LogP contribution in [0.2, 0.25) is 0 Å². The molecule has 1 aliphatic heterocycles. The molecule has 0 saturated carbocycles. The molecule has 1 aliphatic rings. The normalized spacial score (nSPS) is 24.8. The number of hydrogen-bond acceptors (Lipinski definition) is 2. The summed E-state index contributed by atoms with van der Waals surface area (Å²) in [7, 11) is 1.63. The standard InChI is InChI=1S/C13H18FNO/c1-9-10(14)5-6-11(16-3)12(9)13(2)7-4-8-15-13/h5-6,15H,4,7-8H2,1-3H3. The van der Waals surface area contributed by atoms with Gasteiger partial charge in [0.15, 0.2) is 0 Å². The number of nitrogens with one attached hydrogen (secondary N) is 1. The highest BCUT2D eigenvalue weighted by Gasteiger charge is 2.34. The maximum atomic E-state index is 13.6. The van der Waals surface area contributed by atoms with Crippen LogP contribution >= 0.6 is 0 Å². The topological polar surface area (TPSA) is 21.3 Å². The first-order chi connectivity index (χ1) is 7.58. The quantitative estimate of drug-likeness (QED) is 0.832. The van der Waals surface area contributed by atoms with Crippen LogP contribution in [-0.4, -0.2) is 13.7 Å². The van der Waals surface area contributed by atoms with Crippen LogP contribution in [0.4, 0.5) is 4.39 Å². The number of rotatable bonds is 2. The molecule has 1 aromatic carbocycles. The fourth-order valence-corrected chi connectivity index (χ4v) is 2.63. The van der Waals surface area contributed by atoms with Crippen LogP contribution < -0.4 is 10.1 Å². The third-order valence-electron chi connectivity index (χ3n) is 3.50. The largest absolute Gasteiger partial charge is 0.496 e. The van der Waals surface area contributed by atoms with Crippen molar-refractivity contribution in [3.63, 3.8) is 0 Å². The van der Waals surface area contributed by atoms with E-state index in [4.69, 9.17) is 4.74 Å². The van der Waals surface area contributed by atoms with E-state index in [0.717, 1.165) is 30.7 Å². The van der Waals surface area contributed by atoms with Gasteiger partial charge in [0.1, 0.15) is 11.6 Å². The molecule has 1 aromatic rings. The van der Waals surface area contributed by atoms with Crippen molar-refractivity contribution in [2.45, 2.75) is 32.2 Å². The Bertz CT molecular complexity index is 397. The smallest absolute Gasteiger partial charge is 0.126 e. The Kier molecular flexibility index (Phi) is 2.89. The number of halogens is 1. The number of benzene rings is 1. The highest BCUT2D eigenvalue weighted by Crippen LogP contribution is 2.39. The minimum Gasteiger partial charge on any atom is -0.496 e. The van der Waals surface area contributed by atoms with Gasteiger partial charge in [0.05, 0.1) is 7.11 Å². The average Bonchev–Trinajstić information content (AvgIpc) is 2.69. The lowest BCUT2D eigenvalue weighted by Gasteiger charge is -2.29. The molecule has 1 atom stereocenters. The maximum Gasteiger partial charge on any atom is 0.126 e. The molecular weight excluding hydrogens is 205 g/mol. The summed E-state index contributed by atoms with van der Waals surface area (Å²) in [5.41, 5.74) is 1.50. The Balaban J connectivity index is 2.56. The molecule has 1 unspecified atom stereocenters. The van der Waals surface area contributed by atoms with Crippen molar-refractivity contribution in [2.75, 3.05) is 13.7 Å². The minimum absolute atomic E-state index is 0.155. The molecule has 0 bridgehead atoms. The molecule has 2 nitrogen and oxygen atoms in total. The number of hydrogen-bond donors (Lipinski definition) is 1. The predicted molar refractivity (Wildman–Crippen MR) is 62.3 cm³/mol. The van der Waals surface area contributed by atoms with Gasteiger partial charge in [-0.1, -0.05) is 0 Å². The second kappa shape index (κ2) is 4.06. The lowest BCUT2D eigenvalue weighted by molar-refractivity contribution is 0.366. The van der Waals surface area contributed by atoms with Crippen molar-refractivity contribution in [2.24, 2.45) is 0 Å². The van der Waals surface area contributed by atoms with Gasteiger partial charge in [0.25, 0.3) is 0 Å². The van der Waals surface area contributed by atoms with Crippen molar-refractivity contribution in [1.29, 1.82) is 0 Å². The van der Waals surface area contributed by atoms with E-state index < -0.39 is 0 Å². The predicted octanol–water partition coefficient (Wildman–Crippen LogP) is 2.74. The van der Waals surface area contributed by atoms with Crippen LogP contribution in [0.3, 0.4) is 0 Å². The molecule has 2 rings (SSSR count). The first kappa shape index (κ1) is 11.4. The summed E-state index contributed by atoms with van der Waals surface area (Å²) in [5, 5.41) is 3.45. The van der Waals surface area contributed by atoms with E-state index in [1.165, 1.54) is 6.07 Å². The van der Waals surface area contributed by atoms with E-state index >= 15 is 0 Å². The van der Waals surface area contributed by atoms with Gasteiger partial charge in [-0.3, -0.25) is 0 Å². The van der Waals surface area contributed by atoms with E-state index in [1.54, 1.807) is 13.2 Å². The Hall–Kier alpha value is -1.09. The molecule has 0 spiro atoms. The third kappa shape index (κ3) is 1.69. The molecular formula is C13H18FNO. The van der Waals surface area contributed by atoms with Crippen LogP contribution in [-0.2, 0) is 5.54 Å². The van der Waals surface area contributed by atoms with Gasteiger partial charge in [-0.2, -0.15) is 0 Å². The Morgan fingerprint density at radius 3 is 2.75 bits per heavy atom. The van der Waals surface area contributed by atoms with Crippen molar-refractivity contribution in [1.82, 2.24) is 5.32 Å². The molecule has 1 fully saturated rings. The van der Waals surface area contributed by atoms with Gasteiger partial charge in [0.2, 0.25) is 0 Å². The molecule has 0 aromatic heterocycles. The van der Waals surface area contributed by atoms with Crippen LogP contribution in [0.5, 0.6) is 5.75 Å². The van der Waals surface area contributed by atoms with Crippen molar-refractivity contribution in [3.05, 3.63) is 29.1 Å². The molecule has 1 saturated heterocycles. The Morgan fingerprint density at radius 1 is 1.44 bits per heavy atom. The summed E-state index contributed by atoms with van der Waals surface area (Å²) in [4.78, 5) is 0. The van der Waals surface area contributed by atoms with Crippen molar-refractivity contribution < 1.29 is 9.13 Å². The number of methoxy groups -OCH3 is 1. The van der Waals surface area contributed by atoms with E-state index in [2.05, 4.69) is 12.2 Å². The van der Waals surface area contributed by atoms with Gasteiger partial charge in [-0.25, -0.2) is 4.39 Å². The Labute approximate surface area is 95.8 Å². The minimum atomic E-state index is -0.161. The van der Waals surface area contributed by atoms with Crippen molar-refractivity contribution in [3.8, 4) is 5.75 Å². The highest BCUT2D eigenvalue weighted by atomic mass is 19.1. The average molecular weight is 223 g/mol. The number of ether oxygens (including phenoxy) is 1. The molecule has 1 N–H and O–H groups in total. The zero-order chi connectivity index (χ0) is 11.8. The lowest BCUT2D eigenvalue weighted by Crippen LogP contribution is -2.34. The fourth-order valence-electron chi connectivity index (χ4n) is 2.63. The Morgan fingerprint density at radius 2 is 2.19 bits per heavy atom. The van der Waals surface area contributed by atoms with Crippen LogP contribution in [0.1, 0.15) is 30.9 Å². The lowest BCUT2D eigenvalue weighted by atomic mass is 9.86. The summed E-state index contributed by atoms with van der Waals surface area (Å²) >= 11 is 0. The molecule has 0 radical (unpaired) electrons.